The third-order valence-corrected chi connectivity index (χ3v) is 4.93. The third kappa shape index (κ3) is 3.39. The van der Waals surface area contributed by atoms with Crippen molar-refractivity contribution in [1.29, 1.82) is 0 Å². The lowest BCUT2D eigenvalue weighted by Crippen LogP contribution is -2.10. The average Bonchev–Trinajstić information content (AvgIpc) is 3.36. The number of anilines is 1. The van der Waals surface area contributed by atoms with Crippen molar-refractivity contribution in [3.05, 3.63) is 66.0 Å². The maximum absolute atomic E-state index is 13.3. The molecule has 4 rings (SSSR count). The van der Waals surface area contributed by atoms with E-state index in [1.165, 1.54) is 29.7 Å². The first kappa shape index (κ1) is 17.2. The number of thiazole rings is 1. The fourth-order valence-electron chi connectivity index (χ4n) is 2.70. The standard InChI is InChI=1S/C19H15FN4O2S/c1-11-10-14(24(2)23-11)18-21-16(12-5-7-13(20)8-6-12)19(27-18)22-17(25)15-4-3-9-26-15/h3-10H,1-2H3,(H,22,25). The van der Waals surface area contributed by atoms with Crippen molar-refractivity contribution in [3.8, 4) is 22.0 Å². The maximum Gasteiger partial charge on any atom is 0.292 e. The van der Waals surface area contributed by atoms with Gasteiger partial charge in [-0.25, -0.2) is 9.37 Å². The summed E-state index contributed by atoms with van der Waals surface area (Å²) in [6.07, 6.45) is 1.44. The van der Waals surface area contributed by atoms with Crippen molar-refractivity contribution < 1.29 is 13.6 Å². The minimum atomic E-state index is -0.375. The van der Waals surface area contributed by atoms with Gasteiger partial charge >= 0.3 is 0 Å². The summed E-state index contributed by atoms with van der Waals surface area (Å²) in [6, 6.07) is 11.1. The molecule has 0 aliphatic rings. The molecule has 136 valence electrons. The molecule has 0 fully saturated rings. The number of aromatic nitrogens is 3. The van der Waals surface area contributed by atoms with E-state index in [-0.39, 0.29) is 17.5 Å². The number of nitrogens with one attached hydrogen (secondary N) is 1. The van der Waals surface area contributed by atoms with Crippen molar-refractivity contribution in [2.45, 2.75) is 6.92 Å². The second kappa shape index (κ2) is 6.81. The molecule has 0 bridgehead atoms. The van der Waals surface area contributed by atoms with Gasteiger partial charge in [-0.1, -0.05) is 11.3 Å². The predicted octanol–water partition coefficient (Wildman–Crippen LogP) is 4.50. The molecule has 3 aromatic heterocycles. The van der Waals surface area contributed by atoms with E-state index in [4.69, 9.17) is 4.42 Å². The van der Waals surface area contributed by atoms with Crippen LogP contribution in [0.15, 0.2) is 53.1 Å². The van der Waals surface area contributed by atoms with Gasteiger partial charge in [0.1, 0.15) is 21.5 Å². The van der Waals surface area contributed by atoms with Crippen molar-refractivity contribution in [1.82, 2.24) is 14.8 Å². The lowest BCUT2D eigenvalue weighted by atomic mass is 10.1. The molecule has 0 aliphatic carbocycles. The number of carbonyl (C=O) groups excluding carboxylic acids is 1. The van der Waals surface area contributed by atoms with E-state index in [0.29, 0.717) is 21.3 Å². The SMILES string of the molecule is Cc1cc(-c2nc(-c3ccc(F)cc3)c(NC(=O)c3ccco3)s2)n(C)n1. The Labute approximate surface area is 158 Å². The Morgan fingerprint density at radius 2 is 2.04 bits per heavy atom. The topological polar surface area (TPSA) is 73.0 Å². The molecule has 0 aliphatic heterocycles. The Morgan fingerprint density at radius 3 is 2.67 bits per heavy atom. The Hall–Kier alpha value is -3.26. The highest BCUT2D eigenvalue weighted by Gasteiger charge is 2.20. The Bertz CT molecular complexity index is 1100. The molecule has 0 radical (unpaired) electrons. The van der Waals surface area contributed by atoms with Crippen LogP contribution in [-0.4, -0.2) is 20.7 Å². The van der Waals surface area contributed by atoms with Crippen molar-refractivity contribution >= 4 is 22.2 Å². The monoisotopic (exact) mass is 382 g/mol. The van der Waals surface area contributed by atoms with Gasteiger partial charge in [-0.15, -0.1) is 0 Å². The molecule has 1 aromatic carbocycles. The first-order valence-electron chi connectivity index (χ1n) is 8.14. The summed E-state index contributed by atoms with van der Waals surface area (Å²) >= 11 is 1.33. The van der Waals surface area contributed by atoms with Gasteiger partial charge in [0.2, 0.25) is 0 Å². The molecule has 4 aromatic rings. The molecule has 1 N–H and O–H groups in total. The van der Waals surface area contributed by atoms with Gasteiger partial charge in [0.05, 0.1) is 17.7 Å². The summed E-state index contributed by atoms with van der Waals surface area (Å²) < 4.78 is 20.2. The van der Waals surface area contributed by atoms with Crippen LogP contribution in [0, 0.1) is 12.7 Å². The number of nitrogens with zero attached hydrogens (tertiary/aromatic N) is 3. The number of hydrogen-bond acceptors (Lipinski definition) is 5. The van der Waals surface area contributed by atoms with Gasteiger partial charge in [-0.3, -0.25) is 9.48 Å². The fourth-order valence-corrected chi connectivity index (χ4v) is 3.73. The van der Waals surface area contributed by atoms with Gasteiger partial charge < -0.3 is 9.73 Å². The molecule has 1 amide bonds. The molecule has 0 saturated carbocycles. The summed E-state index contributed by atoms with van der Waals surface area (Å²) in [5, 5.41) is 8.44. The number of amides is 1. The lowest BCUT2D eigenvalue weighted by Gasteiger charge is -2.03. The van der Waals surface area contributed by atoms with Crippen LogP contribution in [-0.2, 0) is 7.05 Å². The molecule has 8 heteroatoms. The van der Waals surface area contributed by atoms with E-state index in [1.54, 1.807) is 28.9 Å². The highest BCUT2D eigenvalue weighted by atomic mass is 32.1. The number of carbonyl (C=O) groups is 1. The van der Waals surface area contributed by atoms with Crippen LogP contribution in [0.3, 0.4) is 0 Å². The van der Waals surface area contributed by atoms with Crippen LogP contribution in [0.4, 0.5) is 9.39 Å². The zero-order chi connectivity index (χ0) is 19.0. The molecule has 0 unspecified atom stereocenters. The molecule has 0 saturated heterocycles. The largest absolute Gasteiger partial charge is 0.459 e. The Balaban J connectivity index is 1.78. The van der Waals surface area contributed by atoms with E-state index in [0.717, 1.165) is 11.4 Å². The summed E-state index contributed by atoms with van der Waals surface area (Å²) in [5.74, 6) is -0.510. The number of rotatable bonds is 4. The molecule has 27 heavy (non-hydrogen) atoms. The first-order valence-corrected chi connectivity index (χ1v) is 8.95. The van der Waals surface area contributed by atoms with Crippen molar-refractivity contribution in [3.63, 3.8) is 0 Å². The summed E-state index contributed by atoms with van der Waals surface area (Å²) in [6.45, 7) is 1.90. The van der Waals surface area contributed by atoms with E-state index < -0.39 is 0 Å². The predicted molar refractivity (Wildman–Crippen MR) is 101 cm³/mol. The van der Waals surface area contributed by atoms with E-state index in [9.17, 15) is 9.18 Å². The van der Waals surface area contributed by atoms with Crippen LogP contribution in [0.5, 0.6) is 0 Å². The lowest BCUT2D eigenvalue weighted by molar-refractivity contribution is 0.0997. The maximum atomic E-state index is 13.3. The van der Waals surface area contributed by atoms with Gasteiger partial charge in [0, 0.05) is 12.6 Å². The first-order chi connectivity index (χ1) is 13.0. The zero-order valence-corrected chi connectivity index (χ0v) is 15.4. The average molecular weight is 382 g/mol. The Morgan fingerprint density at radius 1 is 1.26 bits per heavy atom. The van der Waals surface area contributed by atoms with Gasteiger partial charge in [-0.2, -0.15) is 5.10 Å². The van der Waals surface area contributed by atoms with Crippen LogP contribution < -0.4 is 5.32 Å². The second-order valence-corrected chi connectivity index (χ2v) is 6.93. The molecule has 3 heterocycles. The number of hydrogen-bond donors (Lipinski definition) is 1. The molecule has 0 spiro atoms. The second-order valence-electron chi connectivity index (χ2n) is 5.93. The fraction of sp³-hybridized carbons (Fsp3) is 0.105. The number of halogens is 1. The van der Waals surface area contributed by atoms with Crippen molar-refractivity contribution in [2.75, 3.05) is 5.32 Å². The number of benzene rings is 1. The number of furan rings is 1. The quantitative estimate of drug-likeness (QED) is 0.564. The van der Waals surface area contributed by atoms with Crippen molar-refractivity contribution in [2.24, 2.45) is 7.05 Å². The molecular weight excluding hydrogens is 367 g/mol. The summed E-state index contributed by atoms with van der Waals surface area (Å²) in [5.41, 5.74) is 2.97. The minimum Gasteiger partial charge on any atom is -0.459 e. The minimum absolute atomic E-state index is 0.200. The Kier molecular flexibility index (Phi) is 4.33. The zero-order valence-electron chi connectivity index (χ0n) is 14.6. The summed E-state index contributed by atoms with van der Waals surface area (Å²) in [7, 11) is 1.84. The van der Waals surface area contributed by atoms with Gasteiger partial charge in [-0.05, 0) is 49.4 Å². The normalized spacial score (nSPS) is 10.9. The summed E-state index contributed by atoms with van der Waals surface area (Å²) in [4.78, 5) is 17.1. The highest BCUT2D eigenvalue weighted by molar-refractivity contribution is 7.19. The molecule has 6 nitrogen and oxygen atoms in total. The molecule has 0 atom stereocenters. The third-order valence-electron chi connectivity index (χ3n) is 3.94. The smallest absolute Gasteiger partial charge is 0.292 e. The van der Waals surface area contributed by atoms with Crippen LogP contribution >= 0.6 is 11.3 Å². The van der Waals surface area contributed by atoms with Crippen LogP contribution in [0.1, 0.15) is 16.2 Å². The van der Waals surface area contributed by atoms with Gasteiger partial charge in [0.25, 0.3) is 5.91 Å². The van der Waals surface area contributed by atoms with E-state index >= 15 is 0 Å². The van der Waals surface area contributed by atoms with Crippen LogP contribution in [0.25, 0.3) is 22.0 Å². The van der Waals surface area contributed by atoms with Crippen LogP contribution in [0.2, 0.25) is 0 Å². The molecular formula is C19H15FN4O2S. The van der Waals surface area contributed by atoms with E-state index in [2.05, 4.69) is 15.4 Å². The van der Waals surface area contributed by atoms with Gasteiger partial charge in [0.15, 0.2) is 5.76 Å². The van der Waals surface area contributed by atoms with E-state index in [1.807, 2.05) is 20.0 Å². The number of aryl methyl sites for hydroxylation is 2. The highest BCUT2D eigenvalue weighted by Crippen LogP contribution is 2.38.